The molecule has 4 heterocycles. The molecule has 4 aromatic heterocycles. The molecular weight excluding hydrogens is 605 g/mol. The van der Waals surface area contributed by atoms with Crippen LogP contribution >= 0.6 is 45.3 Å². The van der Waals surface area contributed by atoms with Crippen LogP contribution in [0.1, 0.15) is 53.2 Å². The third-order valence-electron chi connectivity index (χ3n) is 7.39. The van der Waals surface area contributed by atoms with Crippen molar-refractivity contribution in [3.8, 4) is 65.3 Å². The van der Waals surface area contributed by atoms with Crippen LogP contribution in [0.15, 0.2) is 23.3 Å². The van der Waals surface area contributed by atoms with Crippen molar-refractivity contribution in [2.24, 2.45) is 0 Å². The Hall–Kier alpha value is -4.30. The maximum absolute atomic E-state index is 9.21. The number of fused-ring (bicyclic) bond motifs is 5. The highest BCUT2D eigenvalue weighted by Gasteiger charge is 2.50. The van der Waals surface area contributed by atoms with E-state index in [0.29, 0.717) is 11.5 Å². The first-order chi connectivity index (χ1) is 20.5. The molecule has 0 aliphatic heterocycles. The number of nitrogens with zero attached hydrogens (tertiary/aromatic N) is 6. The van der Waals surface area contributed by atoms with Crippen molar-refractivity contribution >= 4 is 57.5 Å². The Bertz CT molecular complexity index is 1790. The standard InChI is InChI=1S/C30H20N6O2S4/c1-37-20-10-18(8-16(12-31)13-32)39-22(20)28-35-26-24(41-28)25-27(30(26)6-4-3-5-7-30)36-29(42-25)23-21(38-2)11-19(40-23)9-17(14-33)15-34/h8-11H,3-7H2,1-2H3. The van der Waals surface area contributed by atoms with Crippen molar-refractivity contribution in [1.29, 1.82) is 21.0 Å². The number of thiophene rings is 2. The number of hydrogen-bond acceptors (Lipinski definition) is 12. The Morgan fingerprint density at radius 2 is 1.12 bits per heavy atom. The molecular formula is C30H20N6O2S4. The summed E-state index contributed by atoms with van der Waals surface area (Å²) in [7, 11) is 3.22. The van der Waals surface area contributed by atoms with Gasteiger partial charge >= 0.3 is 0 Å². The van der Waals surface area contributed by atoms with E-state index in [4.69, 9.17) is 19.4 Å². The highest BCUT2D eigenvalue weighted by Crippen LogP contribution is 2.61. The van der Waals surface area contributed by atoms with Gasteiger partial charge in [0.15, 0.2) is 0 Å². The number of methoxy groups -OCH3 is 2. The van der Waals surface area contributed by atoms with Crippen LogP contribution in [0.5, 0.6) is 11.5 Å². The zero-order chi connectivity index (χ0) is 29.4. The van der Waals surface area contributed by atoms with Gasteiger partial charge in [-0.3, -0.25) is 0 Å². The number of ether oxygens (including phenoxy) is 2. The van der Waals surface area contributed by atoms with Crippen LogP contribution in [0.2, 0.25) is 0 Å². The molecule has 8 nitrogen and oxygen atoms in total. The van der Waals surface area contributed by atoms with Gasteiger partial charge in [0.25, 0.3) is 0 Å². The smallest absolute Gasteiger partial charge is 0.140 e. The third kappa shape index (κ3) is 4.50. The molecule has 12 heteroatoms. The second kappa shape index (κ2) is 11.2. The van der Waals surface area contributed by atoms with Crippen LogP contribution in [0, 0.1) is 45.3 Å². The fourth-order valence-corrected chi connectivity index (χ4v) is 10.3. The largest absolute Gasteiger partial charge is 0.495 e. The van der Waals surface area contributed by atoms with E-state index in [0.717, 1.165) is 76.3 Å². The Morgan fingerprint density at radius 3 is 1.50 bits per heavy atom. The van der Waals surface area contributed by atoms with Crippen LogP contribution < -0.4 is 9.47 Å². The maximum Gasteiger partial charge on any atom is 0.140 e. The van der Waals surface area contributed by atoms with Crippen molar-refractivity contribution in [3.05, 3.63) is 44.4 Å². The molecule has 2 aliphatic rings. The minimum atomic E-state index is -0.254. The molecule has 1 spiro atoms. The van der Waals surface area contributed by atoms with Gasteiger partial charge in [0.05, 0.1) is 40.8 Å². The van der Waals surface area contributed by atoms with Crippen molar-refractivity contribution in [2.75, 3.05) is 14.2 Å². The van der Waals surface area contributed by atoms with Crippen molar-refractivity contribution in [2.45, 2.75) is 37.5 Å². The van der Waals surface area contributed by atoms with Gasteiger partial charge in [-0.1, -0.05) is 19.3 Å². The number of rotatable bonds is 6. The van der Waals surface area contributed by atoms with E-state index in [1.54, 1.807) is 49.0 Å². The first-order valence-electron chi connectivity index (χ1n) is 12.9. The molecule has 0 atom stereocenters. The molecule has 4 aromatic rings. The third-order valence-corrected chi connectivity index (χ3v) is 12.1. The molecule has 0 bridgehead atoms. The van der Waals surface area contributed by atoms with E-state index >= 15 is 0 Å². The lowest BCUT2D eigenvalue weighted by Gasteiger charge is -2.32. The van der Waals surface area contributed by atoms with E-state index in [2.05, 4.69) is 0 Å². The van der Waals surface area contributed by atoms with Gasteiger partial charge < -0.3 is 9.47 Å². The zero-order valence-corrected chi connectivity index (χ0v) is 25.7. The summed E-state index contributed by atoms with van der Waals surface area (Å²) >= 11 is 6.16. The lowest BCUT2D eigenvalue weighted by Crippen LogP contribution is -2.29. The highest BCUT2D eigenvalue weighted by atomic mass is 32.1. The fraction of sp³-hybridized carbons (Fsp3) is 0.267. The number of allylic oxidation sites excluding steroid dienone is 2. The monoisotopic (exact) mass is 624 g/mol. The lowest BCUT2D eigenvalue weighted by atomic mass is 9.72. The topological polar surface area (TPSA) is 139 Å². The van der Waals surface area contributed by atoms with Crippen molar-refractivity contribution in [3.63, 3.8) is 0 Å². The maximum atomic E-state index is 9.21. The van der Waals surface area contributed by atoms with E-state index in [9.17, 15) is 21.0 Å². The summed E-state index contributed by atoms with van der Waals surface area (Å²) < 4.78 is 11.4. The van der Waals surface area contributed by atoms with Crippen LogP contribution in [0.4, 0.5) is 0 Å². The number of thiazole rings is 2. The summed E-state index contributed by atoms with van der Waals surface area (Å²) in [5.74, 6) is 1.32. The van der Waals surface area contributed by atoms with Crippen molar-refractivity contribution in [1.82, 2.24) is 9.97 Å². The Balaban J connectivity index is 1.48. The second-order valence-electron chi connectivity index (χ2n) is 9.69. The minimum Gasteiger partial charge on any atom is -0.495 e. The van der Waals surface area contributed by atoms with Gasteiger partial charge in [-0.25, -0.2) is 9.97 Å². The second-order valence-corrected chi connectivity index (χ2v) is 13.9. The summed E-state index contributed by atoms with van der Waals surface area (Å²) in [5.41, 5.74) is 1.98. The van der Waals surface area contributed by atoms with Crippen LogP contribution in [0.25, 0.3) is 41.7 Å². The predicted octanol–water partition coefficient (Wildman–Crippen LogP) is 8.17. The summed E-state index contributed by atoms with van der Waals surface area (Å²) in [6, 6.07) is 11.3. The van der Waals surface area contributed by atoms with Gasteiger partial charge in [-0.2, -0.15) is 21.0 Å². The van der Waals surface area contributed by atoms with Gasteiger partial charge in [0.2, 0.25) is 0 Å². The summed E-state index contributed by atoms with van der Waals surface area (Å²) in [5, 5.41) is 38.6. The first kappa shape index (κ1) is 27.8. The van der Waals surface area contributed by atoms with Crippen molar-refractivity contribution < 1.29 is 9.47 Å². The molecule has 6 rings (SSSR count). The zero-order valence-electron chi connectivity index (χ0n) is 22.5. The summed E-state index contributed by atoms with van der Waals surface area (Å²) in [4.78, 5) is 16.0. The summed E-state index contributed by atoms with van der Waals surface area (Å²) in [6.45, 7) is 0. The normalized spacial score (nSPS) is 14.0. The summed E-state index contributed by atoms with van der Waals surface area (Å²) in [6.07, 6.45) is 8.48. The van der Waals surface area contributed by atoms with E-state index in [1.165, 1.54) is 29.1 Å². The van der Waals surface area contributed by atoms with Gasteiger partial charge in [-0.05, 0) is 37.1 Å². The average molecular weight is 625 g/mol. The molecule has 0 unspecified atom stereocenters. The Labute approximate surface area is 258 Å². The molecule has 42 heavy (non-hydrogen) atoms. The van der Waals surface area contributed by atoms with Crippen LogP contribution in [-0.2, 0) is 5.41 Å². The van der Waals surface area contributed by atoms with E-state index < -0.39 is 0 Å². The Morgan fingerprint density at radius 1 is 0.690 bits per heavy atom. The molecule has 0 N–H and O–H groups in total. The SMILES string of the molecule is COc1cc(C=C(C#N)C#N)sc1-c1nc2c(s1)-c1sc(-c3sc(C=C(C#N)C#N)cc3OC)nc1C21CCCCC1. The van der Waals surface area contributed by atoms with Gasteiger partial charge in [0.1, 0.15) is 66.7 Å². The molecule has 206 valence electrons. The minimum absolute atomic E-state index is 0.0363. The van der Waals surface area contributed by atoms with Gasteiger partial charge in [-0.15, -0.1) is 45.3 Å². The first-order valence-corrected chi connectivity index (χ1v) is 16.2. The molecule has 0 amide bonds. The fourth-order valence-electron chi connectivity index (χ4n) is 5.52. The molecule has 0 saturated heterocycles. The lowest BCUT2D eigenvalue weighted by molar-refractivity contribution is 0.340. The van der Waals surface area contributed by atoms with E-state index in [1.807, 2.05) is 36.4 Å². The molecule has 1 fully saturated rings. The predicted molar refractivity (Wildman–Crippen MR) is 165 cm³/mol. The van der Waals surface area contributed by atoms with Crippen LogP contribution in [0.3, 0.4) is 0 Å². The molecule has 0 radical (unpaired) electrons. The van der Waals surface area contributed by atoms with E-state index in [-0.39, 0.29) is 16.6 Å². The van der Waals surface area contributed by atoms with Gasteiger partial charge in [0, 0.05) is 9.75 Å². The number of hydrogen-bond donors (Lipinski definition) is 0. The Kier molecular flexibility index (Phi) is 7.41. The molecule has 0 aromatic carbocycles. The average Bonchev–Trinajstić information content (AvgIpc) is 3.83. The highest BCUT2D eigenvalue weighted by molar-refractivity contribution is 7.28. The van der Waals surface area contributed by atoms with Crippen LogP contribution in [-0.4, -0.2) is 24.2 Å². The number of nitriles is 4. The molecule has 1 saturated carbocycles. The quantitative estimate of drug-likeness (QED) is 0.196. The number of aromatic nitrogens is 2. The molecule has 2 aliphatic carbocycles.